The summed E-state index contributed by atoms with van der Waals surface area (Å²) in [7, 11) is 0. The van der Waals surface area contributed by atoms with Crippen molar-refractivity contribution in [3.63, 3.8) is 0 Å². The lowest BCUT2D eigenvalue weighted by Crippen LogP contribution is -2.14. The molecule has 4 aromatic rings. The summed E-state index contributed by atoms with van der Waals surface area (Å²) in [5.41, 5.74) is 4.18. The summed E-state index contributed by atoms with van der Waals surface area (Å²) in [4.78, 5) is 21.8. The van der Waals surface area contributed by atoms with E-state index in [0.29, 0.717) is 22.3 Å². The molecular formula is C21H18BrN5OS. The number of nitrogens with zero attached hydrogens (tertiary/aromatic N) is 4. The molecule has 1 amide bonds. The minimum atomic E-state index is -0.149. The molecule has 146 valence electrons. The van der Waals surface area contributed by atoms with E-state index < -0.39 is 0 Å². The predicted molar refractivity (Wildman–Crippen MR) is 118 cm³/mol. The van der Waals surface area contributed by atoms with Gasteiger partial charge in [-0.3, -0.25) is 4.79 Å². The van der Waals surface area contributed by atoms with E-state index in [1.54, 1.807) is 4.52 Å². The summed E-state index contributed by atoms with van der Waals surface area (Å²) in [6.45, 7) is 3.92. The van der Waals surface area contributed by atoms with Crippen molar-refractivity contribution in [2.45, 2.75) is 24.8 Å². The van der Waals surface area contributed by atoms with Gasteiger partial charge in [0.15, 0.2) is 0 Å². The zero-order valence-electron chi connectivity index (χ0n) is 15.9. The van der Waals surface area contributed by atoms with E-state index >= 15 is 0 Å². The third kappa shape index (κ3) is 4.33. The monoisotopic (exact) mass is 467 g/mol. The number of aromatic nitrogens is 4. The van der Waals surface area contributed by atoms with E-state index in [2.05, 4.69) is 36.3 Å². The Hall–Kier alpha value is -2.71. The van der Waals surface area contributed by atoms with Gasteiger partial charge in [0.2, 0.25) is 5.16 Å². The Morgan fingerprint density at radius 2 is 1.86 bits per heavy atom. The van der Waals surface area contributed by atoms with E-state index in [9.17, 15) is 4.79 Å². The number of para-hydroxylation sites is 1. The van der Waals surface area contributed by atoms with E-state index in [-0.39, 0.29) is 5.91 Å². The molecule has 29 heavy (non-hydrogen) atoms. The topological polar surface area (TPSA) is 72.2 Å². The van der Waals surface area contributed by atoms with Crippen molar-refractivity contribution in [3.8, 4) is 0 Å². The van der Waals surface area contributed by atoms with Gasteiger partial charge in [-0.2, -0.15) is 4.98 Å². The second-order valence-corrected chi connectivity index (χ2v) is 8.32. The van der Waals surface area contributed by atoms with Crippen LogP contribution in [-0.2, 0) is 5.75 Å². The first-order valence-corrected chi connectivity index (χ1v) is 10.8. The van der Waals surface area contributed by atoms with E-state index in [4.69, 9.17) is 0 Å². The third-order valence-corrected chi connectivity index (χ3v) is 5.92. The summed E-state index contributed by atoms with van der Waals surface area (Å²) in [6, 6.07) is 17.1. The maximum Gasteiger partial charge on any atom is 0.256 e. The quantitative estimate of drug-likeness (QED) is 0.415. The minimum absolute atomic E-state index is 0.149. The van der Waals surface area contributed by atoms with Crippen LogP contribution >= 0.6 is 27.7 Å². The van der Waals surface area contributed by atoms with Gasteiger partial charge in [-0.15, -0.1) is 5.10 Å². The molecule has 0 fully saturated rings. The van der Waals surface area contributed by atoms with Crippen molar-refractivity contribution < 1.29 is 4.79 Å². The number of thioether (sulfide) groups is 1. The number of halogens is 1. The van der Waals surface area contributed by atoms with Crippen LogP contribution in [0.1, 0.15) is 27.3 Å². The Balaban J connectivity index is 1.54. The van der Waals surface area contributed by atoms with Crippen LogP contribution in [0.15, 0.2) is 64.2 Å². The summed E-state index contributed by atoms with van der Waals surface area (Å²) in [6.07, 6.45) is 0. The van der Waals surface area contributed by atoms with Gasteiger partial charge in [-0.25, -0.2) is 9.50 Å². The molecule has 2 aromatic carbocycles. The molecule has 0 radical (unpaired) electrons. The smallest absolute Gasteiger partial charge is 0.256 e. The highest BCUT2D eigenvalue weighted by molar-refractivity contribution is 9.10. The molecule has 2 aromatic heterocycles. The fourth-order valence-electron chi connectivity index (χ4n) is 2.97. The molecule has 0 saturated carbocycles. The average molecular weight is 468 g/mol. The highest BCUT2D eigenvalue weighted by Crippen LogP contribution is 2.25. The molecule has 1 N–H and O–H groups in total. The molecule has 8 heteroatoms. The van der Waals surface area contributed by atoms with Gasteiger partial charge in [0.25, 0.3) is 11.7 Å². The molecular weight excluding hydrogens is 450 g/mol. The van der Waals surface area contributed by atoms with E-state index in [1.807, 2.05) is 68.4 Å². The maximum absolute atomic E-state index is 12.8. The predicted octanol–water partition coefficient (Wildman–Crippen LogP) is 5.05. The average Bonchev–Trinajstić information content (AvgIpc) is 3.11. The van der Waals surface area contributed by atoms with Crippen molar-refractivity contribution in [1.29, 1.82) is 0 Å². The molecule has 6 nitrogen and oxygen atoms in total. The zero-order valence-corrected chi connectivity index (χ0v) is 18.3. The molecule has 0 aliphatic rings. The van der Waals surface area contributed by atoms with Gasteiger partial charge in [-0.05, 0) is 59.6 Å². The summed E-state index contributed by atoms with van der Waals surface area (Å²) in [5.74, 6) is 1.02. The standard InChI is InChI=1S/C21H18BrN5OS/c1-13-11-14(2)27-20(23-13)25-21(26-27)29-12-15-7-3-4-8-16(15)19(28)24-18-10-6-5-9-17(18)22/h3-11H,12H2,1-2H3,(H,24,28). The molecule has 0 aliphatic carbocycles. The number of hydrogen-bond acceptors (Lipinski definition) is 5. The van der Waals surface area contributed by atoms with Crippen molar-refractivity contribution in [2.75, 3.05) is 5.32 Å². The van der Waals surface area contributed by atoms with Crippen LogP contribution in [0.25, 0.3) is 5.78 Å². The first kappa shape index (κ1) is 19.6. The molecule has 0 saturated heterocycles. The van der Waals surface area contributed by atoms with Gasteiger partial charge in [0, 0.05) is 27.2 Å². The fraction of sp³-hybridized carbons (Fsp3) is 0.143. The Morgan fingerprint density at radius 3 is 2.69 bits per heavy atom. The lowest BCUT2D eigenvalue weighted by atomic mass is 10.1. The number of carbonyl (C=O) groups is 1. The van der Waals surface area contributed by atoms with Crippen molar-refractivity contribution in [2.24, 2.45) is 0 Å². The van der Waals surface area contributed by atoms with Crippen LogP contribution in [0.5, 0.6) is 0 Å². The Kier molecular flexibility index (Phi) is 5.64. The molecule has 0 bridgehead atoms. The van der Waals surface area contributed by atoms with Gasteiger partial charge in [0.1, 0.15) is 0 Å². The van der Waals surface area contributed by atoms with Crippen LogP contribution in [0.3, 0.4) is 0 Å². The van der Waals surface area contributed by atoms with E-state index in [0.717, 1.165) is 27.1 Å². The molecule has 0 aliphatic heterocycles. The molecule has 0 unspecified atom stereocenters. The van der Waals surface area contributed by atoms with Gasteiger partial charge < -0.3 is 5.32 Å². The lowest BCUT2D eigenvalue weighted by Gasteiger charge is -2.10. The van der Waals surface area contributed by atoms with Crippen LogP contribution in [-0.4, -0.2) is 25.5 Å². The number of aryl methyl sites for hydroxylation is 2. The Labute approximate surface area is 180 Å². The van der Waals surface area contributed by atoms with Crippen molar-refractivity contribution in [3.05, 3.63) is 81.6 Å². The molecule has 2 heterocycles. The highest BCUT2D eigenvalue weighted by atomic mass is 79.9. The second-order valence-electron chi connectivity index (χ2n) is 6.52. The van der Waals surface area contributed by atoms with Crippen LogP contribution < -0.4 is 5.32 Å². The Morgan fingerprint density at radius 1 is 1.10 bits per heavy atom. The minimum Gasteiger partial charge on any atom is -0.321 e. The maximum atomic E-state index is 12.8. The van der Waals surface area contributed by atoms with E-state index in [1.165, 1.54) is 11.8 Å². The number of amides is 1. The molecule has 4 rings (SSSR count). The summed E-state index contributed by atoms with van der Waals surface area (Å²) in [5, 5.41) is 8.11. The van der Waals surface area contributed by atoms with Crippen LogP contribution in [0, 0.1) is 13.8 Å². The highest BCUT2D eigenvalue weighted by Gasteiger charge is 2.14. The zero-order chi connectivity index (χ0) is 20.4. The largest absolute Gasteiger partial charge is 0.321 e. The van der Waals surface area contributed by atoms with Crippen LogP contribution in [0.4, 0.5) is 5.69 Å². The van der Waals surface area contributed by atoms with Gasteiger partial charge in [-0.1, -0.05) is 42.1 Å². The third-order valence-electron chi connectivity index (χ3n) is 4.34. The molecule has 0 spiro atoms. The first-order chi connectivity index (χ1) is 14.0. The van der Waals surface area contributed by atoms with Crippen LogP contribution in [0.2, 0.25) is 0 Å². The first-order valence-electron chi connectivity index (χ1n) is 8.99. The lowest BCUT2D eigenvalue weighted by molar-refractivity contribution is 0.102. The summed E-state index contributed by atoms with van der Waals surface area (Å²) < 4.78 is 2.58. The van der Waals surface area contributed by atoms with Gasteiger partial charge in [0.05, 0.1) is 5.69 Å². The van der Waals surface area contributed by atoms with Gasteiger partial charge >= 0.3 is 0 Å². The number of nitrogens with one attached hydrogen (secondary N) is 1. The van der Waals surface area contributed by atoms with Crippen molar-refractivity contribution >= 4 is 45.1 Å². The fourth-order valence-corrected chi connectivity index (χ4v) is 4.18. The van der Waals surface area contributed by atoms with Crippen molar-refractivity contribution in [1.82, 2.24) is 19.6 Å². The Bertz CT molecular complexity index is 1210. The molecule has 0 atom stereocenters. The number of fused-ring (bicyclic) bond motifs is 1. The number of rotatable bonds is 5. The number of anilines is 1. The SMILES string of the molecule is Cc1cc(C)n2nc(SCc3ccccc3C(=O)Nc3ccccc3Br)nc2n1. The normalized spacial score (nSPS) is 11.0. The number of carbonyl (C=O) groups excluding carboxylic acids is 1. The number of benzene rings is 2. The number of hydrogen-bond donors (Lipinski definition) is 1. The summed E-state index contributed by atoms with van der Waals surface area (Å²) >= 11 is 4.94. The second kappa shape index (κ2) is 8.34.